The second-order valence-electron chi connectivity index (χ2n) is 5.05. The van der Waals surface area contributed by atoms with E-state index in [0.717, 1.165) is 6.07 Å². The van der Waals surface area contributed by atoms with Gasteiger partial charge in [0, 0.05) is 19.2 Å². The fourth-order valence-electron chi connectivity index (χ4n) is 1.73. The van der Waals surface area contributed by atoms with E-state index in [-0.39, 0.29) is 10.6 Å². The third kappa shape index (κ3) is 4.98. The molecule has 0 aromatic heterocycles. The van der Waals surface area contributed by atoms with Crippen LogP contribution in [0.1, 0.15) is 27.2 Å². The molecule has 0 atom stereocenters. The van der Waals surface area contributed by atoms with Crippen LogP contribution in [0.2, 0.25) is 0 Å². The van der Waals surface area contributed by atoms with E-state index >= 15 is 0 Å². The van der Waals surface area contributed by atoms with E-state index in [4.69, 9.17) is 0 Å². The normalized spacial score (nSPS) is 11.6. The summed E-state index contributed by atoms with van der Waals surface area (Å²) in [5.41, 5.74) is 0.0622. The van der Waals surface area contributed by atoms with E-state index < -0.39 is 14.9 Å². The first-order valence-corrected chi connectivity index (χ1v) is 8.28. The minimum absolute atomic E-state index is 0.0976. The molecule has 0 spiro atoms. The molecule has 118 valence electrons. The number of benzene rings is 1. The molecule has 1 aromatic rings. The number of nitrogens with zero attached hydrogens (tertiary/aromatic N) is 1. The Hall–Kier alpha value is -1.67. The Kier molecular flexibility index (Phi) is 6.10. The Morgan fingerprint density at radius 2 is 2.00 bits per heavy atom. The van der Waals surface area contributed by atoms with Gasteiger partial charge in [-0.1, -0.05) is 13.8 Å². The molecule has 0 aliphatic rings. The van der Waals surface area contributed by atoms with Crippen molar-refractivity contribution in [3.8, 4) is 0 Å². The second kappa shape index (κ2) is 7.37. The predicted molar refractivity (Wildman–Crippen MR) is 81.9 cm³/mol. The van der Waals surface area contributed by atoms with Gasteiger partial charge in [0.25, 0.3) is 5.69 Å². The summed E-state index contributed by atoms with van der Waals surface area (Å²) in [6.07, 6.45) is 0.705. The van der Waals surface area contributed by atoms with Crippen molar-refractivity contribution in [3.05, 3.63) is 28.3 Å². The minimum Gasteiger partial charge on any atom is -0.380 e. The summed E-state index contributed by atoms with van der Waals surface area (Å²) in [5.74, 6) is 0.373. The fourth-order valence-corrected chi connectivity index (χ4v) is 2.80. The molecule has 1 rings (SSSR count). The SMILES string of the molecule is CCNc1ccc(S(=O)(=O)NCCC(C)C)cc1[N+](=O)[O-]. The van der Waals surface area contributed by atoms with Crippen LogP contribution in [-0.2, 0) is 10.0 Å². The van der Waals surface area contributed by atoms with Crippen molar-refractivity contribution in [2.75, 3.05) is 18.4 Å². The Morgan fingerprint density at radius 3 is 2.52 bits per heavy atom. The summed E-state index contributed by atoms with van der Waals surface area (Å²) in [6.45, 7) is 6.61. The van der Waals surface area contributed by atoms with Gasteiger partial charge in [-0.3, -0.25) is 10.1 Å². The van der Waals surface area contributed by atoms with Crippen molar-refractivity contribution in [1.29, 1.82) is 0 Å². The topological polar surface area (TPSA) is 101 Å². The summed E-state index contributed by atoms with van der Waals surface area (Å²) in [6, 6.07) is 3.86. The minimum atomic E-state index is -3.73. The highest BCUT2D eigenvalue weighted by Gasteiger charge is 2.20. The predicted octanol–water partition coefficient (Wildman–Crippen LogP) is 2.35. The number of nitro benzene ring substituents is 1. The summed E-state index contributed by atoms with van der Waals surface area (Å²) < 4.78 is 26.7. The number of hydrogen-bond donors (Lipinski definition) is 2. The van der Waals surface area contributed by atoms with Crippen LogP contribution < -0.4 is 10.0 Å². The van der Waals surface area contributed by atoms with Crippen molar-refractivity contribution < 1.29 is 13.3 Å². The third-order valence-electron chi connectivity index (χ3n) is 2.86. The number of rotatable bonds is 8. The summed E-state index contributed by atoms with van der Waals surface area (Å²) in [5, 5.41) is 13.9. The van der Waals surface area contributed by atoms with Crippen LogP contribution in [0.25, 0.3) is 0 Å². The number of hydrogen-bond acceptors (Lipinski definition) is 5. The molecular weight excluding hydrogens is 294 g/mol. The Balaban J connectivity index is 3.02. The highest BCUT2D eigenvalue weighted by atomic mass is 32.2. The van der Waals surface area contributed by atoms with Crippen molar-refractivity contribution >= 4 is 21.4 Å². The van der Waals surface area contributed by atoms with Gasteiger partial charge < -0.3 is 5.32 Å². The average Bonchev–Trinajstić information content (AvgIpc) is 2.38. The van der Waals surface area contributed by atoms with E-state index in [1.54, 1.807) is 0 Å². The lowest BCUT2D eigenvalue weighted by Gasteiger charge is -2.10. The molecule has 0 saturated carbocycles. The Labute approximate surface area is 124 Å². The number of sulfonamides is 1. The molecule has 0 bridgehead atoms. The zero-order valence-electron chi connectivity index (χ0n) is 12.4. The smallest absolute Gasteiger partial charge is 0.293 e. The maximum atomic E-state index is 12.1. The zero-order chi connectivity index (χ0) is 16.0. The molecule has 2 N–H and O–H groups in total. The molecule has 0 amide bonds. The van der Waals surface area contributed by atoms with Crippen LogP contribution in [0, 0.1) is 16.0 Å². The van der Waals surface area contributed by atoms with Gasteiger partial charge in [0.15, 0.2) is 0 Å². The lowest BCUT2D eigenvalue weighted by molar-refractivity contribution is -0.384. The first kappa shape index (κ1) is 17.4. The average molecular weight is 315 g/mol. The lowest BCUT2D eigenvalue weighted by Crippen LogP contribution is -2.25. The monoisotopic (exact) mass is 315 g/mol. The van der Waals surface area contributed by atoms with E-state index in [9.17, 15) is 18.5 Å². The van der Waals surface area contributed by atoms with E-state index in [1.807, 2.05) is 20.8 Å². The standard InChI is InChI=1S/C13H21N3O4S/c1-4-14-12-6-5-11(9-13(12)16(17)18)21(19,20)15-8-7-10(2)3/h5-6,9-10,14-15H,4,7-8H2,1-3H3. The van der Waals surface area contributed by atoms with Crippen molar-refractivity contribution in [2.24, 2.45) is 5.92 Å². The molecule has 0 heterocycles. The largest absolute Gasteiger partial charge is 0.380 e. The van der Waals surface area contributed by atoms with Gasteiger partial charge in [-0.2, -0.15) is 0 Å². The van der Waals surface area contributed by atoms with E-state index in [1.165, 1.54) is 12.1 Å². The van der Waals surface area contributed by atoms with Gasteiger partial charge in [-0.05, 0) is 31.4 Å². The van der Waals surface area contributed by atoms with Crippen LogP contribution in [0.4, 0.5) is 11.4 Å². The van der Waals surface area contributed by atoms with Crippen LogP contribution in [-0.4, -0.2) is 26.4 Å². The molecular formula is C13H21N3O4S. The quantitative estimate of drug-likeness (QED) is 0.566. The van der Waals surface area contributed by atoms with Gasteiger partial charge in [0.2, 0.25) is 10.0 Å². The van der Waals surface area contributed by atoms with Crippen molar-refractivity contribution in [1.82, 2.24) is 4.72 Å². The molecule has 8 heteroatoms. The molecule has 0 aliphatic carbocycles. The molecule has 7 nitrogen and oxygen atoms in total. The molecule has 0 fully saturated rings. The van der Waals surface area contributed by atoms with E-state index in [0.29, 0.717) is 31.1 Å². The molecule has 0 unspecified atom stereocenters. The first-order chi connectivity index (χ1) is 9.77. The number of nitro groups is 1. The number of anilines is 1. The molecule has 0 saturated heterocycles. The summed E-state index contributed by atoms with van der Waals surface area (Å²) in [7, 11) is -3.73. The van der Waals surface area contributed by atoms with Gasteiger partial charge in [-0.15, -0.1) is 0 Å². The zero-order valence-corrected chi connectivity index (χ0v) is 13.2. The maximum absolute atomic E-state index is 12.1. The van der Waals surface area contributed by atoms with Gasteiger partial charge in [-0.25, -0.2) is 13.1 Å². The highest BCUT2D eigenvalue weighted by molar-refractivity contribution is 7.89. The van der Waals surface area contributed by atoms with Crippen molar-refractivity contribution in [2.45, 2.75) is 32.1 Å². The summed E-state index contributed by atoms with van der Waals surface area (Å²) >= 11 is 0. The molecule has 0 aliphatic heterocycles. The lowest BCUT2D eigenvalue weighted by atomic mass is 10.1. The number of nitrogens with one attached hydrogen (secondary N) is 2. The van der Waals surface area contributed by atoms with Crippen molar-refractivity contribution in [3.63, 3.8) is 0 Å². The van der Waals surface area contributed by atoms with Gasteiger partial charge in [0.05, 0.1) is 9.82 Å². The third-order valence-corrected chi connectivity index (χ3v) is 4.32. The fraction of sp³-hybridized carbons (Fsp3) is 0.538. The first-order valence-electron chi connectivity index (χ1n) is 6.80. The molecule has 21 heavy (non-hydrogen) atoms. The van der Waals surface area contributed by atoms with E-state index in [2.05, 4.69) is 10.0 Å². The molecule has 1 aromatic carbocycles. The molecule has 0 radical (unpaired) electrons. The van der Waals surface area contributed by atoms with Crippen LogP contribution in [0.5, 0.6) is 0 Å². The maximum Gasteiger partial charge on any atom is 0.293 e. The Morgan fingerprint density at radius 1 is 1.33 bits per heavy atom. The van der Waals surface area contributed by atoms with Gasteiger partial charge >= 0.3 is 0 Å². The second-order valence-corrected chi connectivity index (χ2v) is 6.81. The van der Waals surface area contributed by atoms with Gasteiger partial charge in [0.1, 0.15) is 5.69 Å². The Bertz CT molecular complexity index is 599. The summed E-state index contributed by atoms with van der Waals surface area (Å²) in [4.78, 5) is 10.3. The highest BCUT2D eigenvalue weighted by Crippen LogP contribution is 2.27. The van der Waals surface area contributed by atoms with Crippen LogP contribution >= 0.6 is 0 Å². The van der Waals surface area contributed by atoms with Crippen LogP contribution in [0.15, 0.2) is 23.1 Å². The van der Waals surface area contributed by atoms with Crippen LogP contribution in [0.3, 0.4) is 0 Å².